The zero-order chi connectivity index (χ0) is 16.7. The van der Waals surface area contributed by atoms with Gasteiger partial charge in [-0.2, -0.15) is 0 Å². The first-order valence-corrected chi connectivity index (χ1v) is 8.48. The summed E-state index contributed by atoms with van der Waals surface area (Å²) < 4.78 is 0. The number of benzene rings is 1. The number of hydrogen-bond donors (Lipinski definition) is 3. The van der Waals surface area contributed by atoms with Crippen LogP contribution in [-0.2, 0) is 4.79 Å². The van der Waals surface area contributed by atoms with E-state index in [1.807, 2.05) is 0 Å². The summed E-state index contributed by atoms with van der Waals surface area (Å²) in [4.78, 5) is 23.5. The van der Waals surface area contributed by atoms with E-state index in [2.05, 4.69) is 22.9 Å². The van der Waals surface area contributed by atoms with Crippen molar-refractivity contribution in [3.63, 3.8) is 0 Å². The van der Waals surface area contributed by atoms with E-state index in [0.29, 0.717) is 23.2 Å². The third kappa shape index (κ3) is 6.48. The molecule has 1 aromatic rings. The van der Waals surface area contributed by atoms with Crippen LogP contribution < -0.4 is 16.0 Å². The second-order valence-corrected chi connectivity index (χ2v) is 6.68. The molecule has 2 rings (SSSR count). The number of hydrogen-bond acceptors (Lipinski definition) is 2. The molecule has 0 heterocycles. The van der Waals surface area contributed by atoms with Gasteiger partial charge in [-0.05, 0) is 42.9 Å². The first-order valence-electron chi connectivity index (χ1n) is 8.10. The number of carbonyl (C=O) groups excluding carboxylic acids is 2. The van der Waals surface area contributed by atoms with Gasteiger partial charge in [-0.1, -0.05) is 37.4 Å². The second kappa shape index (κ2) is 8.77. The lowest BCUT2D eigenvalue weighted by molar-refractivity contribution is -0.120. The SMILES string of the molecule is CC1CCC(CNC(=O)CNC(=O)Nc2cccc(Cl)c2)CC1. The lowest BCUT2D eigenvalue weighted by Crippen LogP contribution is -2.40. The smallest absolute Gasteiger partial charge is 0.319 e. The van der Waals surface area contributed by atoms with Crippen LogP contribution in [-0.4, -0.2) is 25.0 Å². The molecule has 0 aromatic heterocycles. The highest BCUT2D eigenvalue weighted by molar-refractivity contribution is 6.30. The number of anilines is 1. The van der Waals surface area contributed by atoms with Gasteiger partial charge in [-0.25, -0.2) is 4.79 Å². The van der Waals surface area contributed by atoms with Crippen LogP contribution in [0.5, 0.6) is 0 Å². The van der Waals surface area contributed by atoms with E-state index in [1.54, 1.807) is 24.3 Å². The van der Waals surface area contributed by atoms with E-state index in [1.165, 1.54) is 25.7 Å². The summed E-state index contributed by atoms with van der Waals surface area (Å²) in [6.07, 6.45) is 4.82. The fourth-order valence-electron chi connectivity index (χ4n) is 2.76. The van der Waals surface area contributed by atoms with Gasteiger partial charge < -0.3 is 16.0 Å². The van der Waals surface area contributed by atoms with Crippen molar-refractivity contribution >= 4 is 29.2 Å². The number of amides is 3. The highest BCUT2D eigenvalue weighted by Gasteiger charge is 2.18. The monoisotopic (exact) mass is 337 g/mol. The topological polar surface area (TPSA) is 70.2 Å². The third-order valence-corrected chi connectivity index (χ3v) is 4.45. The fraction of sp³-hybridized carbons (Fsp3) is 0.529. The molecule has 0 spiro atoms. The minimum Gasteiger partial charge on any atom is -0.354 e. The van der Waals surface area contributed by atoms with Gasteiger partial charge in [0.1, 0.15) is 0 Å². The number of nitrogens with one attached hydrogen (secondary N) is 3. The molecular weight excluding hydrogens is 314 g/mol. The molecule has 6 heteroatoms. The molecule has 23 heavy (non-hydrogen) atoms. The molecule has 0 radical (unpaired) electrons. The Morgan fingerprint density at radius 2 is 1.91 bits per heavy atom. The quantitative estimate of drug-likeness (QED) is 0.770. The van der Waals surface area contributed by atoms with Gasteiger partial charge in [0.25, 0.3) is 0 Å². The summed E-state index contributed by atoms with van der Waals surface area (Å²) in [5, 5.41) is 8.61. The van der Waals surface area contributed by atoms with Crippen LogP contribution >= 0.6 is 11.6 Å². The van der Waals surface area contributed by atoms with Gasteiger partial charge in [0, 0.05) is 17.3 Å². The van der Waals surface area contributed by atoms with E-state index in [0.717, 1.165) is 5.92 Å². The standard InChI is InChI=1S/C17H24ClN3O2/c1-12-5-7-13(8-6-12)10-19-16(22)11-20-17(23)21-15-4-2-3-14(18)9-15/h2-4,9,12-13H,5-8,10-11H2,1H3,(H,19,22)(H2,20,21,23). The first kappa shape index (κ1) is 17.6. The van der Waals surface area contributed by atoms with E-state index in [4.69, 9.17) is 11.6 Å². The Bertz CT molecular complexity index is 542. The summed E-state index contributed by atoms with van der Waals surface area (Å²) in [6.45, 7) is 2.94. The minimum absolute atomic E-state index is 0.0322. The Morgan fingerprint density at radius 3 is 2.61 bits per heavy atom. The van der Waals surface area contributed by atoms with Crippen LogP contribution in [0.25, 0.3) is 0 Å². The summed E-state index contributed by atoms with van der Waals surface area (Å²) in [5.41, 5.74) is 0.590. The van der Waals surface area contributed by atoms with Crippen molar-refractivity contribution in [3.05, 3.63) is 29.3 Å². The average molecular weight is 338 g/mol. The summed E-state index contributed by atoms with van der Waals surface area (Å²) in [5.74, 6) is 1.21. The summed E-state index contributed by atoms with van der Waals surface area (Å²) in [6, 6.07) is 6.43. The van der Waals surface area contributed by atoms with Crippen LogP contribution in [0.2, 0.25) is 5.02 Å². The van der Waals surface area contributed by atoms with Crippen LogP contribution in [0, 0.1) is 11.8 Å². The Balaban J connectivity index is 1.63. The lowest BCUT2D eigenvalue weighted by Gasteiger charge is -2.26. The zero-order valence-electron chi connectivity index (χ0n) is 13.4. The molecule has 0 unspecified atom stereocenters. The van der Waals surface area contributed by atoms with Crippen LogP contribution in [0.1, 0.15) is 32.6 Å². The summed E-state index contributed by atoms with van der Waals surface area (Å²) >= 11 is 5.84. The molecule has 1 fully saturated rings. The number of carbonyl (C=O) groups is 2. The molecule has 0 atom stereocenters. The Morgan fingerprint density at radius 1 is 1.17 bits per heavy atom. The Labute approximate surface area is 142 Å². The highest BCUT2D eigenvalue weighted by atomic mass is 35.5. The first-order chi connectivity index (χ1) is 11.0. The van der Waals surface area contributed by atoms with Crippen molar-refractivity contribution in [2.75, 3.05) is 18.4 Å². The molecule has 1 aliphatic rings. The Hall–Kier alpha value is -1.75. The normalized spacial score (nSPS) is 20.6. The van der Waals surface area contributed by atoms with Gasteiger partial charge >= 0.3 is 6.03 Å². The molecule has 1 aliphatic carbocycles. The molecule has 0 bridgehead atoms. The predicted molar refractivity (Wildman–Crippen MR) is 92.6 cm³/mol. The van der Waals surface area contributed by atoms with Gasteiger partial charge in [0.05, 0.1) is 6.54 Å². The molecule has 5 nitrogen and oxygen atoms in total. The largest absolute Gasteiger partial charge is 0.354 e. The summed E-state index contributed by atoms with van der Waals surface area (Å²) in [7, 11) is 0. The van der Waals surface area contributed by atoms with Gasteiger partial charge in [0.2, 0.25) is 5.91 Å². The van der Waals surface area contributed by atoms with E-state index < -0.39 is 6.03 Å². The fourth-order valence-corrected chi connectivity index (χ4v) is 2.95. The highest BCUT2D eigenvalue weighted by Crippen LogP contribution is 2.27. The third-order valence-electron chi connectivity index (χ3n) is 4.22. The maximum atomic E-state index is 11.8. The van der Waals surface area contributed by atoms with E-state index in [-0.39, 0.29) is 12.5 Å². The van der Waals surface area contributed by atoms with Crippen molar-refractivity contribution in [3.8, 4) is 0 Å². The number of urea groups is 1. The van der Waals surface area contributed by atoms with Crippen molar-refractivity contribution in [1.29, 1.82) is 0 Å². The maximum absolute atomic E-state index is 11.8. The maximum Gasteiger partial charge on any atom is 0.319 e. The van der Waals surface area contributed by atoms with E-state index >= 15 is 0 Å². The van der Waals surface area contributed by atoms with Crippen molar-refractivity contribution in [2.24, 2.45) is 11.8 Å². The van der Waals surface area contributed by atoms with Crippen LogP contribution in [0.3, 0.4) is 0 Å². The molecule has 126 valence electrons. The molecule has 3 amide bonds. The zero-order valence-corrected chi connectivity index (χ0v) is 14.2. The molecule has 1 aromatic carbocycles. The minimum atomic E-state index is -0.422. The van der Waals surface area contributed by atoms with Crippen LogP contribution in [0.15, 0.2) is 24.3 Å². The van der Waals surface area contributed by atoms with E-state index in [9.17, 15) is 9.59 Å². The Kier molecular flexibility index (Phi) is 6.71. The molecule has 1 saturated carbocycles. The van der Waals surface area contributed by atoms with Crippen molar-refractivity contribution in [2.45, 2.75) is 32.6 Å². The number of halogens is 1. The number of rotatable bonds is 5. The molecule has 0 aliphatic heterocycles. The molecular formula is C17H24ClN3O2. The van der Waals surface area contributed by atoms with Gasteiger partial charge in [-0.15, -0.1) is 0 Å². The predicted octanol–water partition coefficient (Wildman–Crippen LogP) is 3.40. The van der Waals surface area contributed by atoms with Crippen molar-refractivity contribution < 1.29 is 9.59 Å². The van der Waals surface area contributed by atoms with Crippen LogP contribution in [0.4, 0.5) is 10.5 Å². The molecule has 3 N–H and O–H groups in total. The second-order valence-electron chi connectivity index (χ2n) is 6.25. The lowest BCUT2D eigenvalue weighted by atomic mass is 9.83. The molecule has 0 saturated heterocycles. The van der Waals surface area contributed by atoms with Gasteiger partial charge in [0.15, 0.2) is 0 Å². The average Bonchev–Trinajstić information content (AvgIpc) is 2.52. The van der Waals surface area contributed by atoms with Crippen molar-refractivity contribution in [1.82, 2.24) is 10.6 Å². The van der Waals surface area contributed by atoms with Gasteiger partial charge in [-0.3, -0.25) is 4.79 Å².